The zero-order chi connectivity index (χ0) is 13.7. The van der Waals surface area contributed by atoms with Crippen LogP contribution in [0.4, 0.5) is 4.79 Å². The molecule has 0 aromatic heterocycles. The van der Waals surface area contributed by atoms with Crippen LogP contribution in [0.3, 0.4) is 0 Å². The maximum Gasteiger partial charge on any atom is 0.318 e. The topological polar surface area (TPSA) is 67.6 Å². The van der Waals surface area contributed by atoms with Crippen molar-refractivity contribution in [2.45, 2.75) is 19.5 Å². The summed E-state index contributed by atoms with van der Waals surface area (Å²) in [6, 6.07) is 7.96. The summed E-state index contributed by atoms with van der Waals surface area (Å²) in [5.74, 6) is 0. The Morgan fingerprint density at radius 1 is 1.37 bits per heavy atom. The van der Waals surface area contributed by atoms with Gasteiger partial charge in [-0.25, -0.2) is 4.79 Å². The average molecular weight is 263 g/mol. The highest BCUT2D eigenvalue weighted by Crippen LogP contribution is 2.14. The molecule has 2 rings (SSSR count). The number of nitrogens with zero attached hydrogens (tertiary/aromatic N) is 1. The predicted molar refractivity (Wildman–Crippen MR) is 73.7 cm³/mol. The molecule has 1 aliphatic rings. The van der Waals surface area contributed by atoms with Crippen LogP contribution in [-0.2, 0) is 11.3 Å². The molecule has 1 atom stereocenters. The van der Waals surface area contributed by atoms with Crippen molar-refractivity contribution in [1.29, 1.82) is 0 Å². The van der Waals surface area contributed by atoms with Gasteiger partial charge in [0.15, 0.2) is 0 Å². The smallest absolute Gasteiger partial charge is 0.318 e. The third kappa shape index (κ3) is 3.68. The van der Waals surface area contributed by atoms with Gasteiger partial charge in [-0.2, -0.15) is 0 Å². The summed E-state index contributed by atoms with van der Waals surface area (Å²) in [6.45, 7) is 5.07. The summed E-state index contributed by atoms with van der Waals surface area (Å²) in [6.07, 6.45) is 0. The molecule has 5 nitrogen and oxygen atoms in total. The van der Waals surface area contributed by atoms with Crippen LogP contribution in [0.2, 0.25) is 0 Å². The number of morpholine rings is 1. The van der Waals surface area contributed by atoms with Crippen molar-refractivity contribution < 1.29 is 9.53 Å². The standard InChI is InChI=1S/C14H21N3O2/c1-11(13-4-2-12(10-15)3-5-13)16-14(18)17-6-8-19-9-7-17/h2-5,11H,6-10,15H2,1H3,(H,16,18). The van der Waals surface area contributed by atoms with Crippen molar-refractivity contribution in [1.82, 2.24) is 10.2 Å². The number of amides is 2. The number of benzene rings is 1. The number of hydrogen-bond donors (Lipinski definition) is 2. The van der Waals surface area contributed by atoms with Crippen LogP contribution in [0.25, 0.3) is 0 Å². The molecule has 0 saturated carbocycles. The molecule has 3 N–H and O–H groups in total. The summed E-state index contributed by atoms with van der Waals surface area (Å²) in [4.78, 5) is 13.8. The van der Waals surface area contributed by atoms with Crippen LogP contribution in [0.1, 0.15) is 24.1 Å². The largest absolute Gasteiger partial charge is 0.378 e. The molecule has 1 aromatic carbocycles. The van der Waals surface area contributed by atoms with Gasteiger partial charge in [0.05, 0.1) is 19.3 Å². The first-order chi connectivity index (χ1) is 9.20. The molecule has 1 saturated heterocycles. The van der Waals surface area contributed by atoms with Gasteiger partial charge in [-0.3, -0.25) is 0 Å². The number of rotatable bonds is 3. The highest BCUT2D eigenvalue weighted by atomic mass is 16.5. The maximum absolute atomic E-state index is 12.0. The zero-order valence-corrected chi connectivity index (χ0v) is 11.3. The molecule has 5 heteroatoms. The van der Waals surface area contributed by atoms with Crippen LogP contribution < -0.4 is 11.1 Å². The van der Waals surface area contributed by atoms with Crippen molar-refractivity contribution in [3.8, 4) is 0 Å². The summed E-state index contributed by atoms with van der Waals surface area (Å²) in [7, 11) is 0. The molecule has 1 fully saturated rings. The van der Waals surface area contributed by atoms with E-state index in [-0.39, 0.29) is 12.1 Å². The fourth-order valence-electron chi connectivity index (χ4n) is 2.07. The molecular weight excluding hydrogens is 242 g/mol. The summed E-state index contributed by atoms with van der Waals surface area (Å²) in [5, 5.41) is 3.00. The monoisotopic (exact) mass is 263 g/mol. The number of carbonyl (C=O) groups excluding carboxylic acids is 1. The second-order valence-electron chi connectivity index (χ2n) is 4.72. The highest BCUT2D eigenvalue weighted by Gasteiger charge is 2.18. The Morgan fingerprint density at radius 2 is 2.00 bits per heavy atom. The number of carbonyl (C=O) groups is 1. The van der Waals surface area contributed by atoms with E-state index in [1.165, 1.54) is 0 Å². The van der Waals surface area contributed by atoms with E-state index in [1.807, 2.05) is 31.2 Å². The van der Waals surface area contributed by atoms with E-state index in [4.69, 9.17) is 10.5 Å². The first-order valence-corrected chi connectivity index (χ1v) is 6.63. The van der Waals surface area contributed by atoms with Crippen LogP contribution in [0.15, 0.2) is 24.3 Å². The van der Waals surface area contributed by atoms with Gasteiger partial charge in [-0.1, -0.05) is 24.3 Å². The molecule has 0 bridgehead atoms. The van der Waals surface area contributed by atoms with Crippen molar-refractivity contribution >= 4 is 6.03 Å². The molecule has 1 unspecified atom stereocenters. The van der Waals surface area contributed by atoms with E-state index < -0.39 is 0 Å². The quantitative estimate of drug-likeness (QED) is 0.862. The molecule has 0 spiro atoms. The molecule has 104 valence electrons. The van der Waals surface area contributed by atoms with E-state index in [9.17, 15) is 4.79 Å². The lowest BCUT2D eigenvalue weighted by atomic mass is 10.1. The SMILES string of the molecule is CC(NC(=O)N1CCOCC1)c1ccc(CN)cc1. The maximum atomic E-state index is 12.0. The first kappa shape index (κ1) is 13.8. The summed E-state index contributed by atoms with van der Waals surface area (Å²) >= 11 is 0. The first-order valence-electron chi connectivity index (χ1n) is 6.63. The molecular formula is C14H21N3O2. The lowest BCUT2D eigenvalue weighted by Gasteiger charge is -2.28. The van der Waals surface area contributed by atoms with Crippen molar-refractivity contribution in [3.05, 3.63) is 35.4 Å². The van der Waals surface area contributed by atoms with Gasteiger partial charge < -0.3 is 20.7 Å². The van der Waals surface area contributed by atoms with Gasteiger partial charge in [0, 0.05) is 19.6 Å². The lowest BCUT2D eigenvalue weighted by Crippen LogP contribution is -2.46. The second kappa shape index (κ2) is 6.54. The van der Waals surface area contributed by atoms with Crippen LogP contribution in [0.5, 0.6) is 0 Å². The van der Waals surface area contributed by atoms with Gasteiger partial charge in [-0.15, -0.1) is 0 Å². The number of nitrogens with one attached hydrogen (secondary N) is 1. The van der Waals surface area contributed by atoms with Gasteiger partial charge in [0.2, 0.25) is 0 Å². The predicted octanol–water partition coefficient (Wildman–Crippen LogP) is 1.25. The summed E-state index contributed by atoms with van der Waals surface area (Å²) < 4.78 is 5.23. The third-order valence-corrected chi connectivity index (χ3v) is 3.35. The van der Waals surface area contributed by atoms with Crippen LogP contribution >= 0.6 is 0 Å². The van der Waals surface area contributed by atoms with E-state index in [0.717, 1.165) is 11.1 Å². The van der Waals surface area contributed by atoms with Gasteiger partial charge in [-0.05, 0) is 18.1 Å². The van der Waals surface area contributed by atoms with Crippen LogP contribution in [0, 0.1) is 0 Å². The Bertz CT molecular complexity index is 413. The molecule has 1 heterocycles. The molecule has 2 amide bonds. The van der Waals surface area contributed by atoms with Crippen LogP contribution in [-0.4, -0.2) is 37.2 Å². The third-order valence-electron chi connectivity index (χ3n) is 3.35. The Morgan fingerprint density at radius 3 is 2.58 bits per heavy atom. The molecule has 0 aliphatic carbocycles. The second-order valence-corrected chi connectivity index (χ2v) is 4.72. The Hall–Kier alpha value is -1.59. The zero-order valence-electron chi connectivity index (χ0n) is 11.3. The summed E-state index contributed by atoms with van der Waals surface area (Å²) in [5.41, 5.74) is 7.74. The minimum Gasteiger partial charge on any atom is -0.378 e. The van der Waals surface area contributed by atoms with E-state index in [2.05, 4.69) is 5.32 Å². The number of ether oxygens (including phenoxy) is 1. The highest BCUT2D eigenvalue weighted by molar-refractivity contribution is 5.74. The lowest BCUT2D eigenvalue weighted by molar-refractivity contribution is 0.0526. The fraction of sp³-hybridized carbons (Fsp3) is 0.500. The van der Waals surface area contributed by atoms with Crippen molar-refractivity contribution in [3.63, 3.8) is 0 Å². The average Bonchev–Trinajstić information content (AvgIpc) is 2.48. The van der Waals surface area contributed by atoms with Gasteiger partial charge >= 0.3 is 6.03 Å². The molecule has 1 aromatic rings. The van der Waals surface area contributed by atoms with E-state index >= 15 is 0 Å². The number of urea groups is 1. The molecule has 1 aliphatic heterocycles. The Labute approximate surface area is 113 Å². The van der Waals surface area contributed by atoms with Crippen molar-refractivity contribution in [2.24, 2.45) is 5.73 Å². The minimum atomic E-state index is -0.0290. The number of nitrogens with two attached hydrogens (primary N) is 1. The van der Waals surface area contributed by atoms with E-state index in [0.29, 0.717) is 32.8 Å². The molecule has 0 radical (unpaired) electrons. The Kier molecular flexibility index (Phi) is 4.76. The number of hydrogen-bond acceptors (Lipinski definition) is 3. The van der Waals surface area contributed by atoms with Gasteiger partial charge in [0.1, 0.15) is 0 Å². The van der Waals surface area contributed by atoms with Gasteiger partial charge in [0.25, 0.3) is 0 Å². The normalized spacial score (nSPS) is 17.1. The minimum absolute atomic E-state index is 0.0119. The van der Waals surface area contributed by atoms with Crippen molar-refractivity contribution in [2.75, 3.05) is 26.3 Å². The van der Waals surface area contributed by atoms with E-state index in [1.54, 1.807) is 4.90 Å². The molecule has 19 heavy (non-hydrogen) atoms. The fourth-order valence-corrected chi connectivity index (χ4v) is 2.07. The Balaban J connectivity index is 1.91.